The van der Waals surface area contributed by atoms with E-state index in [-0.39, 0.29) is 0 Å². The number of hydrogen-bond acceptors (Lipinski definition) is 4. The van der Waals surface area contributed by atoms with Gasteiger partial charge in [0.15, 0.2) is 0 Å². The summed E-state index contributed by atoms with van der Waals surface area (Å²) in [5.41, 5.74) is 2.82. The number of nitrogens with zero attached hydrogens (tertiary/aromatic N) is 3. The molecule has 0 saturated carbocycles. The third-order valence-electron chi connectivity index (χ3n) is 2.13. The second-order valence-corrected chi connectivity index (χ2v) is 3.24. The molecule has 0 bridgehead atoms. The quantitative estimate of drug-likeness (QED) is 0.804. The first-order valence-corrected chi connectivity index (χ1v) is 4.74. The van der Waals surface area contributed by atoms with Crippen molar-refractivity contribution in [1.82, 2.24) is 15.2 Å². The van der Waals surface area contributed by atoms with E-state index in [1.807, 2.05) is 38.2 Å². The molecule has 0 amide bonds. The van der Waals surface area contributed by atoms with Gasteiger partial charge in [-0.05, 0) is 31.2 Å². The molecule has 0 fully saturated rings. The van der Waals surface area contributed by atoms with Crippen molar-refractivity contribution in [2.75, 3.05) is 12.4 Å². The van der Waals surface area contributed by atoms with Gasteiger partial charge in [0, 0.05) is 24.5 Å². The van der Waals surface area contributed by atoms with Gasteiger partial charge in [0.05, 0.1) is 5.69 Å². The van der Waals surface area contributed by atoms with Gasteiger partial charge in [0.25, 0.3) is 0 Å². The van der Waals surface area contributed by atoms with Crippen LogP contribution in [0.15, 0.2) is 30.5 Å². The minimum atomic E-state index is 0.763. The third kappa shape index (κ3) is 2.10. The largest absolute Gasteiger partial charge is 0.372 e. The minimum Gasteiger partial charge on any atom is -0.372 e. The molecule has 2 rings (SSSR count). The lowest BCUT2D eigenvalue weighted by atomic mass is 10.2. The minimum absolute atomic E-state index is 0.763. The van der Waals surface area contributed by atoms with E-state index in [4.69, 9.17) is 0 Å². The fraction of sp³-hybridized carbons (Fsp3) is 0.182. The molecule has 2 aromatic heterocycles. The standard InChI is InChI=1S/C11H12N4/c1-8-3-4-9(7-13-8)10-5-6-11(12-2)15-14-10/h3-7H,1-2H3,(H,12,15). The van der Waals surface area contributed by atoms with Crippen molar-refractivity contribution in [3.8, 4) is 11.3 Å². The first kappa shape index (κ1) is 9.58. The van der Waals surface area contributed by atoms with Gasteiger partial charge in [-0.15, -0.1) is 10.2 Å². The molecule has 0 radical (unpaired) electrons. The fourth-order valence-corrected chi connectivity index (χ4v) is 1.24. The van der Waals surface area contributed by atoms with Gasteiger partial charge in [0.1, 0.15) is 5.82 Å². The summed E-state index contributed by atoms with van der Waals surface area (Å²) >= 11 is 0. The van der Waals surface area contributed by atoms with Crippen molar-refractivity contribution in [2.24, 2.45) is 0 Å². The zero-order valence-electron chi connectivity index (χ0n) is 8.73. The molecule has 0 aliphatic carbocycles. The Hall–Kier alpha value is -1.97. The molecule has 0 unspecified atom stereocenters. The molecule has 2 aromatic rings. The molecular weight excluding hydrogens is 188 g/mol. The van der Waals surface area contributed by atoms with Crippen LogP contribution in [0.4, 0.5) is 5.82 Å². The average molecular weight is 200 g/mol. The fourth-order valence-electron chi connectivity index (χ4n) is 1.24. The van der Waals surface area contributed by atoms with E-state index in [1.54, 1.807) is 6.20 Å². The summed E-state index contributed by atoms with van der Waals surface area (Å²) < 4.78 is 0. The van der Waals surface area contributed by atoms with E-state index in [2.05, 4.69) is 20.5 Å². The van der Waals surface area contributed by atoms with Gasteiger partial charge >= 0.3 is 0 Å². The molecule has 2 heterocycles. The molecular formula is C11H12N4. The number of aromatic nitrogens is 3. The van der Waals surface area contributed by atoms with Crippen molar-refractivity contribution < 1.29 is 0 Å². The molecule has 0 spiro atoms. The topological polar surface area (TPSA) is 50.7 Å². The highest BCUT2D eigenvalue weighted by Gasteiger charge is 2.00. The molecule has 0 aliphatic rings. The lowest BCUT2D eigenvalue weighted by Crippen LogP contribution is -1.95. The highest BCUT2D eigenvalue weighted by atomic mass is 15.2. The zero-order chi connectivity index (χ0) is 10.7. The number of anilines is 1. The molecule has 15 heavy (non-hydrogen) atoms. The van der Waals surface area contributed by atoms with Crippen LogP contribution in [-0.4, -0.2) is 22.2 Å². The van der Waals surface area contributed by atoms with Crippen LogP contribution < -0.4 is 5.32 Å². The summed E-state index contributed by atoms with van der Waals surface area (Å²) in [7, 11) is 1.82. The lowest BCUT2D eigenvalue weighted by Gasteiger charge is -2.01. The Morgan fingerprint density at radius 2 is 1.93 bits per heavy atom. The maximum Gasteiger partial charge on any atom is 0.148 e. The van der Waals surface area contributed by atoms with Crippen molar-refractivity contribution in [1.29, 1.82) is 0 Å². The average Bonchev–Trinajstić information content (AvgIpc) is 2.30. The highest BCUT2D eigenvalue weighted by molar-refractivity contribution is 5.58. The molecule has 0 saturated heterocycles. The lowest BCUT2D eigenvalue weighted by molar-refractivity contribution is 1.03. The molecule has 0 atom stereocenters. The number of pyridine rings is 1. The van der Waals surface area contributed by atoms with E-state index >= 15 is 0 Å². The van der Waals surface area contributed by atoms with Crippen molar-refractivity contribution in [3.63, 3.8) is 0 Å². The summed E-state index contributed by atoms with van der Waals surface area (Å²) in [4.78, 5) is 4.21. The highest BCUT2D eigenvalue weighted by Crippen LogP contribution is 2.15. The second kappa shape index (κ2) is 4.04. The Morgan fingerprint density at radius 1 is 1.07 bits per heavy atom. The predicted molar refractivity (Wildman–Crippen MR) is 59.5 cm³/mol. The molecule has 0 aliphatic heterocycles. The molecule has 0 aromatic carbocycles. The maximum atomic E-state index is 4.21. The summed E-state index contributed by atoms with van der Waals surface area (Å²) in [6.45, 7) is 1.96. The SMILES string of the molecule is CNc1ccc(-c2ccc(C)nc2)nn1. The van der Waals surface area contributed by atoms with Gasteiger partial charge in [-0.25, -0.2) is 0 Å². The Morgan fingerprint density at radius 3 is 2.47 bits per heavy atom. The second-order valence-electron chi connectivity index (χ2n) is 3.24. The van der Waals surface area contributed by atoms with Gasteiger partial charge in [-0.3, -0.25) is 4.98 Å². The molecule has 76 valence electrons. The van der Waals surface area contributed by atoms with Crippen LogP contribution in [-0.2, 0) is 0 Å². The number of nitrogens with one attached hydrogen (secondary N) is 1. The van der Waals surface area contributed by atoms with Crippen LogP contribution in [0.1, 0.15) is 5.69 Å². The Labute approximate surface area is 88.4 Å². The number of hydrogen-bond donors (Lipinski definition) is 1. The van der Waals surface area contributed by atoms with E-state index < -0.39 is 0 Å². The molecule has 4 nitrogen and oxygen atoms in total. The Bertz CT molecular complexity index is 433. The normalized spacial score (nSPS) is 10.0. The van der Waals surface area contributed by atoms with Crippen molar-refractivity contribution in [2.45, 2.75) is 6.92 Å². The van der Waals surface area contributed by atoms with Crippen LogP contribution in [0, 0.1) is 6.92 Å². The van der Waals surface area contributed by atoms with Crippen LogP contribution in [0.5, 0.6) is 0 Å². The monoisotopic (exact) mass is 200 g/mol. The van der Waals surface area contributed by atoms with Crippen LogP contribution in [0.3, 0.4) is 0 Å². The van der Waals surface area contributed by atoms with Crippen molar-refractivity contribution in [3.05, 3.63) is 36.2 Å². The van der Waals surface area contributed by atoms with Crippen LogP contribution in [0.25, 0.3) is 11.3 Å². The molecule has 4 heteroatoms. The van der Waals surface area contributed by atoms with E-state index in [9.17, 15) is 0 Å². The van der Waals surface area contributed by atoms with E-state index in [0.29, 0.717) is 0 Å². The van der Waals surface area contributed by atoms with Crippen LogP contribution in [0.2, 0.25) is 0 Å². The Balaban J connectivity index is 2.33. The molecule has 1 N–H and O–H groups in total. The Kier molecular flexibility index (Phi) is 2.58. The number of aryl methyl sites for hydroxylation is 1. The number of rotatable bonds is 2. The zero-order valence-corrected chi connectivity index (χ0v) is 8.73. The van der Waals surface area contributed by atoms with E-state index in [1.165, 1.54) is 0 Å². The van der Waals surface area contributed by atoms with Gasteiger partial charge < -0.3 is 5.32 Å². The summed E-state index contributed by atoms with van der Waals surface area (Å²) in [5, 5.41) is 11.0. The van der Waals surface area contributed by atoms with E-state index in [0.717, 1.165) is 22.8 Å². The first-order valence-electron chi connectivity index (χ1n) is 4.74. The summed E-state index contributed by atoms with van der Waals surface area (Å²) in [5.74, 6) is 0.763. The van der Waals surface area contributed by atoms with Gasteiger partial charge in [0.2, 0.25) is 0 Å². The summed E-state index contributed by atoms with van der Waals surface area (Å²) in [6.07, 6.45) is 1.80. The summed E-state index contributed by atoms with van der Waals surface area (Å²) in [6, 6.07) is 7.77. The van der Waals surface area contributed by atoms with Crippen LogP contribution >= 0.6 is 0 Å². The van der Waals surface area contributed by atoms with Crippen molar-refractivity contribution >= 4 is 5.82 Å². The predicted octanol–water partition coefficient (Wildman–Crippen LogP) is 1.89. The smallest absolute Gasteiger partial charge is 0.148 e. The first-order chi connectivity index (χ1) is 7.29. The van der Waals surface area contributed by atoms with Gasteiger partial charge in [-0.1, -0.05) is 0 Å². The maximum absolute atomic E-state index is 4.21. The third-order valence-corrected chi connectivity index (χ3v) is 2.13. The van der Waals surface area contributed by atoms with Gasteiger partial charge in [-0.2, -0.15) is 0 Å².